The van der Waals surface area contributed by atoms with Crippen molar-refractivity contribution in [1.29, 1.82) is 0 Å². The summed E-state index contributed by atoms with van der Waals surface area (Å²) in [6.45, 7) is 0. The predicted molar refractivity (Wildman–Crippen MR) is 38.4 cm³/mol. The van der Waals surface area contributed by atoms with Gasteiger partial charge in [0.2, 0.25) is 0 Å². The first-order chi connectivity index (χ1) is 3.83. The molecule has 0 bridgehead atoms. The molecular weight excluding hydrogens is 116 g/mol. The Morgan fingerprint density at radius 3 is 1.11 bits per heavy atom. The molecule has 0 rings (SSSR count). The van der Waals surface area contributed by atoms with Crippen LogP contribution in [0.5, 0.6) is 0 Å². The lowest BCUT2D eigenvalue weighted by molar-refractivity contribution is 0.373. The van der Waals surface area contributed by atoms with E-state index in [1.807, 2.05) is 12.2 Å². The zero-order chi connectivity index (χ0) is 6.83. The quantitative estimate of drug-likeness (QED) is 0.454. The van der Waals surface area contributed by atoms with Crippen molar-refractivity contribution in [1.82, 2.24) is 0 Å². The average molecular weight is 128 g/mol. The molecule has 0 aliphatic heterocycles. The van der Waals surface area contributed by atoms with Crippen LogP contribution in [0.15, 0.2) is 0 Å². The fourth-order valence-corrected chi connectivity index (χ4v) is 0. The first-order valence-corrected chi connectivity index (χ1v) is 1.80. The average Bonchev–Trinajstić information content (AvgIpc) is 1.88. The molecule has 0 heterocycles. The van der Waals surface area contributed by atoms with E-state index in [4.69, 9.17) is 0 Å². The SMILES string of the molecule is C.C#COC.C#COC. The second-order valence-electron chi connectivity index (χ2n) is 0.644. The van der Waals surface area contributed by atoms with Crippen LogP contribution in [0.3, 0.4) is 0 Å². The highest BCUT2D eigenvalue weighted by Gasteiger charge is 1.35. The summed E-state index contributed by atoms with van der Waals surface area (Å²) in [6.07, 6.45) is 13.0. The van der Waals surface area contributed by atoms with Gasteiger partial charge >= 0.3 is 0 Å². The van der Waals surface area contributed by atoms with E-state index in [1.165, 1.54) is 14.2 Å². The topological polar surface area (TPSA) is 18.5 Å². The molecular formula is C7H12O2. The zero-order valence-electron chi connectivity index (χ0n) is 4.97. The van der Waals surface area contributed by atoms with Gasteiger partial charge in [-0.3, -0.25) is 0 Å². The van der Waals surface area contributed by atoms with E-state index < -0.39 is 0 Å². The first kappa shape index (κ1) is 15.6. The normalized spacial score (nSPS) is 3.56. The standard InChI is InChI=1S/2C3H4O.CH4/c2*1-3-4-2;/h2*1H,2H3;1H4. The number of rotatable bonds is 0. The molecule has 0 spiro atoms. The van der Waals surface area contributed by atoms with Crippen LogP contribution >= 0.6 is 0 Å². The third-order valence-electron chi connectivity index (χ3n) is 0.236. The van der Waals surface area contributed by atoms with Gasteiger partial charge in [0.25, 0.3) is 0 Å². The molecule has 0 radical (unpaired) electrons. The van der Waals surface area contributed by atoms with E-state index in [0.29, 0.717) is 0 Å². The Bertz CT molecular complexity index is 80.5. The molecule has 0 atom stereocenters. The van der Waals surface area contributed by atoms with Gasteiger partial charge in [0.15, 0.2) is 0 Å². The summed E-state index contributed by atoms with van der Waals surface area (Å²) in [4.78, 5) is 0. The van der Waals surface area contributed by atoms with E-state index in [0.717, 1.165) is 0 Å². The summed E-state index contributed by atoms with van der Waals surface area (Å²) in [5.74, 6) is 0. The van der Waals surface area contributed by atoms with Crippen molar-refractivity contribution in [2.24, 2.45) is 0 Å². The fourth-order valence-electron chi connectivity index (χ4n) is 0. The van der Waals surface area contributed by atoms with Crippen molar-refractivity contribution in [3.05, 3.63) is 0 Å². The predicted octanol–water partition coefficient (Wildman–Crippen LogP) is 1.08. The van der Waals surface area contributed by atoms with Gasteiger partial charge in [-0.25, -0.2) is 0 Å². The molecule has 0 aromatic carbocycles. The second kappa shape index (κ2) is 29.7. The van der Waals surface area contributed by atoms with Gasteiger partial charge < -0.3 is 9.47 Å². The van der Waals surface area contributed by atoms with Crippen LogP contribution in [0.1, 0.15) is 7.43 Å². The lowest BCUT2D eigenvalue weighted by atomic mass is 11.3. The highest BCUT2D eigenvalue weighted by Crippen LogP contribution is 1.41. The molecule has 0 aliphatic rings. The van der Waals surface area contributed by atoms with Crippen molar-refractivity contribution in [2.75, 3.05) is 14.2 Å². The highest BCUT2D eigenvalue weighted by atomic mass is 16.5. The summed E-state index contributed by atoms with van der Waals surface area (Å²) in [7, 11) is 2.89. The molecule has 0 fully saturated rings. The Labute approximate surface area is 57.2 Å². The third kappa shape index (κ3) is 289. The molecule has 0 saturated heterocycles. The number of methoxy groups -OCH3 is 2. The summed E-state index contributed by atoms with van der Waals surface area (Å²) in [5, 5.41) is 0. The maximum absolute atomic E-state index is 4.56. The number of hydrogen-bond donors (Lipinski definition) is 0. The minimum atomic E-state index is 0. The number of ether oxygens (including phenoxy) is 2. The van der Waals surface area contributed by atoms with Gasteiger partial charge in [0.1, 0.15) is 12.2 Å². The van der Waals surface area contributed by atoms with Gasteiger partial charge in [0, 0.05) is 0 Å². The third-order valence-corrected chi connectivity index (χ3v) is 0.236. The molecule has 0 amide bonds. The van der Waals surface area contributed by atoms with Gasteiger partial charge in [-0.05, 0) is 0 Å². The molecule has 0 saturated carbocycles. The van der Waals surface area contributed by atoms with E-state index in [1.54, 1.807) is 0 Å². The molecule has 0 aromatic heterocycles. The van der Waals surface area contributed by atoms with E-state index >= 15 is 0 Å². The van der Waals surface area contributed by atoms with Crippen molar-refractivity contribution >= 4 is 0 Å². The summed E-state index contributed by atoms with van der Waals surface area (Å²) < 4.78 is 8.14. The molecule has 0 aliphatic carbocycles. The lowest BCUT2D eigenvalue weighted by Gasteiger charge is -1.66. The summed E-state index contributed by atoms with van der Waals surface area (Å²) in [6, 6.07) is 0. The largest absolute Gasteiger partial charge is 0.450 e. The van der Waals surface area contributed by atoms with E-state index in [-0.39, 0.29) is 7.43 Å². The van der Waals surface area contributed by atoms with Gasteiger partial charge in [-0.2, -0.15) is 0 Å². The van der Waals surface area contributed by atoms with Crippen LogP contribution in [0, 0.1) is 25.1 Å². The molecule has 9 heavy (non-hydrogen) atoms. The van der Waals surface area contributed by atoms with E-state index in [2.05, 4.69) is 22.3 Å². The van der Waals surface area contributed by atoms with Crippen molar-refractivity contribution in [3.63, 3.8) is 0 Å². The smallest absolute Gasteiger partial charge is 0.106 e. The highest BCUT2D eigenvalue weighted by molar-refractivity contribution is 4.66. The first-order valence-electron chi connectivity index (χ1n) is 1.80. The fraction of sp³-hybridized carbons (Fsp3) is 0.429. The Morgan fingerprint density at radius 1 is 1.00 bits per heavy atom. The Morgan fingerprint density at radius 2 is 1.11 bits per heavy atom. The zero-order valence-corrected chi connectivity index (χ0v) is 4.97. The van der Waals surface area contributed by atoms with Crippen LogP contribution in [0.25, 0.3) is 0 Å². The summed E-state index contributed by atoms with van der Waals surface area (Å²) in [5.41, 5.74) is 0. The molecule has 2 heteroatoms. The van der Waals surface area contributed by atoms with Crippen molar-refractivity contribution < 1.29 is 9.47 Å². The molecule has 0 N–H and O–H groups in total. The maximum Gasteiger partial charge on any atom is 0.106 e. The van der Waals surface area contributed by atoms with Gasteiger partial charge in [-0.1, -0.05) is 20.3 Å². The van der Waals surface area contributed by atoms with Crippen LogP contribution in [-0.2, 0) is 9.47 Å². The number of terminal acetylenes is 2. The minimum Gasteiger partial charge on any atom is -0.450 e. The van der Waals surface area contributed by atoms with E-state index in [9.17, 15) is 0 Å². The Kier molecular flexibility index (Phi) is 51.7. The minimum absolute atomic E-state index is 0. The monoisotopic (exact) mass is 128 g/mol. The molecule has 0 unspecified atom stereocenters. The molecule has 0 aromatic rings. The van der Waals surface area contributed by atoms with Crippen LogP contribution in [-0.4, -0.2) is 14.2 Å². The van der Waals surface area contributed by atoms with Crippen LogP contribution < -0.4 is 0 Å². The molecule has 52 valence electrons. The van der Waals surface area contributed by atoms with Crippen LogP contribution in [0.2, 0.25) is 0 Å². The number of hydrogen-bond acceptors (Lipinski definition) is 2. The van der Waals surface area contributed by atoms with Crippen molar-refractivity contribution in [3.8, 4) is 25.1 Å². The maximum atomic E-state index is 4.56. The second-order valence-corrected chi connectivity index (χ2v) is 0.644. The molecule has 2 nitrogen and oxygen atoms in total. The van der Waals surface area contributed by atoms with Gasteiger partial charge in [-0.15, -0.1) is 0 Å². The van der Waals surface area contributed by atoms with Gasteiger partial charge in [0.05, 0.1) is 14.2 Å². The summed E-state index contributed by atoms with van der Waals surface area (Å²) >= 11 is 0. The Balaban J connectivity index is -0.0000000720. The lowest BCUT2D eigenvalue weighted by Crippen LogP contribution is -1.55. The van der Waals surface area contributed by atoms with Crippen molar-refractivity contribution in [2.45, 2.75) is 7.43 Å². The van der Waals surface area contributed by atoms with Crippen LogP contribution in [0.4, 0.5) is 0 Å². The Hall–Kier alpha value is -1.28.